The second-order valence-corrected chi connectivity index (χ2v) is 5.61. The molecule has 132 valence electrons. The van der Waals surface area contributed by atoms with Crippen LogP contribution in [0.25, 0.3) is 0 Å². The molecule has 0 bridgehead atoms. The van der Waals surface area contributed by atoms with Crippen LogP contribution in [0.15, 0.2) is 10.5 Å². The summed E-state index contributed by atoms with van der Waals surface area (Å²) in [5.74, 6) is -2.45. The number of rotatable bonds is 7. The van der Waals surface area contributed by atoms with Crippen LogP contribution in [0.4, 0.5) is 5.13 Å². The molecule has 11 nitrogen and oxygen atoms in total. The van der Waals surface area contributed by atoms with Crippen LogP contribution in [0.1, 0.15) is 12.6 Å². The van der Waals surface area contributed by atoms with Gasteiger partial charge in [-0.2, -0.15) is 0 Å². The molecule has 0 unspecified atom stereocenters. The average molecular weight is 381 g/mol. The number of nitrogens with two attached hydrogens (primary N) is 1. The van der Waals surface area contributed by atoms with E-state index in [0.717, 1.165) is 16.4 Å². The van der Waals surface area contributed by atoms with Crippen LogP contribution in [0.5, 0.6) is 0 Å². The minimum absolute atomic E-state index is 0. The Balaban J connectivity index is 0.00000312. The fraction of sp³-hybridized carbons (Fsp3) is 0.417. The Labute approximate surface area is 168 Å². The van der Waals surface area contributed by atoms with Crippen molar-refractivity contribution < 1.29 is 29.2 Å². The number of hydrogen-bond donors (Lipinski definition) is 3. The summed E-state index contributed by atoms with van der Waals surface area (Å²) in [5.41, 5.74) is 5.61. The molecule has 1 aromatic rings. The number of nitrogens with one attached hydrogen (secondary N) is 1. The van der Waals surface area contributed by atoms with Gasteiger partial charge in [0.15, 0.2) is 17.5 Å². The van der Waals surface area contributed by atoms with Crippen molar-refractivity contribution in [2.75, 3.05) is 19.5 Å². The van der Waals surface area contributed by atoms with Crippen LogP contribution < -0.4 is 11.1 Å². The number of thiazole rings is 1. The standard InChI is InChI=1S/C12H15N5O6S.Na.H/c1-5-8(11(21)17(5)23-3-7(18)19)15-10(20)9(16-22-2)6-4-24-12(13)14-6;;/h4-5,8H,3H2,1-2H3,(H2,13,14)(H,15,20)(H,18,19);;/t5-,8-;;/m0../s1. The van der Waals surface area contributed by atoms with Crippen molar-refractivity contribution >= 4 is 69.5 Å². The Kier molecular flexibility index (Phi) is 7.76. The van der Waals surface area contributed by atoms with E-state index in [9.17, 15) is 14.4 Å². The predicted octanol–water partition coefficient (Wildman–Crippen LogP) is -1.84. The van der Waals surface area contributed by atoms with E-state index in [1.165, 1.54) is 12.5 Å². The van der Waals surface area contributed by atoms with Gasteiger partial charge < -0.3 is 21.0 Å². The molecule has 4 N–H and O–H groups in total. The summed E-state index contributed by atoms with van der Waals surface area (Å²) < 4.78 is 0. The molecule has 0 saturated carbocycles. The van der Waals surface area contributed by atoms with Crippen molar-refractivity contribution in [3.8, 4) is 0 Å². The van der Waals surface area contributed by atoms with Gasteiger partial charge in [0, 0.05) is 5.38 Å². The molecule has 0 aromatic carbocycles. The van der Waals surface area contributed by atoms with E-state index in [1.54, 1.807) is 6.92 Å². The third kappa shape index (κ3) is 4.89. The number of amides is 2. The zero-order valence-corrected chi connectivity index (χ0v) is 13.6. The van der Waals surface area contributed by atoms with Gasteiger partial charge in [-0.3, -0.25) is 14.4 Å². The summed E-state index contributed by atoms with van der Waals surface area (Å²) in [4.78, 5) is 48.1. The van der Waals surface area contributed by atoms with Gasteiger partial charge in [0.25, 0.3) is 11.8 Å². The Hall–Kier alpha value is -1.73. The van der Waals surface area contributed by atoms with Gasteiger partial charge in [0.05, 0.1) is 6.04 Å². The minimum atomic E-state index is -1.21. The number of carbonyl (C=O) groups excluding carboxylic acids is 2. The Morgan fingerprint density at radius 3 is 2.72 bits per heavy atom. The first kappa shape index (κ1) is 21.3. The normalized spacial score (nSPS) is 19.7. The molecule has 2 amide bonds. The average Bonchev–Trinajstić information content (AvgIpc) is 2.96. The van der Waals surface area contributed by atoms with E-state index in [1.807, 2.05) is 0 Å². The van der Waals surface area contributed by atoms with Crippen molar-refractivity contribution in [1.82, 2.24) is 15.4 Å². The van der Waals surface area contributed by atoms with Crippen LogP contribution in [0, 0.1) is 0 Å². The van der Waals surface area contributed by atoms with E-state index in [4.69, 9.17) is 15.7 Å². The predicted molar refractivity (Wildman–Crippen MR) is 89.0 cm³/mol. The molecular formula is C12H16N5NaO6S. The van der Waals surface area contributed by atoms with E-state index in [0.29, 0.717) is 0 Å². The first-order valence-corrected chi connectivity index (χ1v) is 7.54. The molecule has 2 heterocycles. The van der Waals surface area contributed by atoms with Gasteiger partial charge >= 0.3 is 35.5 Å². The molecule has 1 aliphatic heterocycles. The summed E-state index contributed by atoms with van der Waals surface area (Å²) in [6, 6.07) is -1.41. The molecule has 0 aliphatic carbocycles. The third-order valence-electron chi connectivity index (χ3n) is 3.11. The number of oxime groups is 1. The fourth-order valence-electron chi connectivity index (χ4n) is 1.99. The van der Waals surface area contributed by atoms with Gasteiger partial charge in [0.2, 0.25) is 0 Å². The monoisotopic (exact) mass is 381 g/mol. The van der Waals surface area contributed by atoms with Crippen molar-refractivity contribution in [3.05, 3.63) is 11.1 Å². The van der Waals surface area contributed by atoms with Crippen molar-refractivity contribution in [2.45, 2.75) is 19.0 Å². The van der Waals surface area contributed by atoms with Gasteiger partial charge in [0.1, 0.15) is 18.8 Å². The first-order chi connectivity index (χ1) is 11.3. The zero-order chi connectivity index (χ0) is 17.9. The van der Waals surface area contributed by atoms with Crippen LogP contribution in [0.3, 0.4) is 0 Å². The molecule has 1 aliphatic rings. The van der Waals surface area contributed by atoms with Gasteiger partial charge in [-0.1, -0.05) is 5.16 Å². The van der Waals surface area contributed by atoms with Gasteiger partial charge in [-0.25, -0.2) is 14.8 Å². The SMILES string of the molecule is CON=C(C(=O)N[C@@H]1C(=O)N(OCC(=O)O)[C@H]1C)c1csc(N)n1.[NaH]. The van der Waals surface area contributed by atoms with Crippen LogP contribution in [-0.2, 0) is 24.1 Å². The number of aromatic nitrogens is 1. The molecule has 25 heavy (non-hydrogen) atoms. The van der Waals surface area contributed by atoms with Crippen LogP contribution >= 0.6 is 11.3 Å². The van der Waals surface area contributed by atoms with Crippen molar-refractivity contribution in [3.63, 3.8) is 0 Å². The van der Waals surface area contributed by atoms with Crippen molar-refractivity contribution in [1.29, 1.82) is 0 Å². The topological polar surface area (TPSA) is 156 Å². The number of β-lactam (4-membered cyclic amide) rings is 1. The number of carboxylic acids is 1. The number of hydrogen-bond acceptors (Lipinski definition) is 9. The fourth-order valence-corrected chi connectivity index (χ4v) is 2.54. The van der Waals surface area contributed by atoms with E-state index in [2.05, 4.69) is 20.3 Å². The number of carboxylic acid groups (broad SMARTS) is 1. The molecule has 0 spiro atoms. The molecule has 0 radical (unpaired) electrons. The van der Waals surface area contributed by atoms with E-state index in [-0.39, 0.29) is 46.1 Å². The van der Waals surface area contributed by atoms with Crippen LogP contribution in [0.2, 0.25) is 0 Å². The maximum absolute atomic E-state index is 12.3. The third-order valence-corrected chi connectivity index (χ3v) is 3.79. The molecule has 1 saturated heterocycles. The quantitative estimate of drug-likeness (QED) is 0.215. The number of anilines is 1. The molecule has 1 aromatic heterocycles. The molecule has 2 rings (SSSR count). The number of carbonyl (C=O) groups is 3. The first-order valence-electron chi connectivity index (χ1n) is 6.66. The number of aliphatic carboxylic acids is 1. The summed E-state index contributed by atoms with van der Waals surface area (Å²) >= 11 is 1.12. The second-order valence-electron chi connectivity index (χ2n) is 4.72. The Bertz CT molecular complexity index is 695. The van der Waals surface area contributed by atoms with E-state index >= 15 is 0 Å². The second kappa shape index (κ2) is 9.10. The molecular weight excluding hydrogens is 365 g/mol. The number of nitrogen functional groups attached to an aromatic ring is 1. The summed E-state index contributed by atoms with van der Waals surface area (Å²) in [6.45, 7) is 0.952. The molecule has 2 atom stereocenters. The van der Waals surface area contributed by atoms with Gasteiger partial charge in [-0.05, 0) is 6.92 Å². The van der Waals surface area contributed by atoms with Crippen LogP contribution in [-0.4, -0.2) is 94.0 Å². The summed E-state index contributed by atoms with van der Waals surface area (Å²) in [6.07, 6.45) is 0. The van der Waals surface area contributed by atoms with E-state index < -0.39 is 36.5 Å². The summed E-state index contributed by atoms with van der Waals surface area (Å²) in [7, 11) is 1.27. The van der Waals surface area contributed by atoms with Gasteiger partial charge in [-0.15, -0.1) is 11.3 Å². The Morgan fingerprint density at radius 2 is 2.24 bits per heavy atom. The van der Waals surface area contributed by atoms with Crippen molar-refractivity contribution in [2.24, 2.45) is 5.16 Å². The Morgan fingerprint density at radius 1 is 1.56 bits per heavy atom. The zero-order valence-electron chi connectivity index (χ0n) is 12.8. The summed E-state index contributed by atoms with van der Waals surface area (Å²) in [5, 5.41) is 17.3. The number of nitrogens with zero attached hydrogens (tertiary/aromatic N) is 3. The maximum atomic E-state index is 12.3. The molecule has 1 fully saturated rings. The molecule has 13 heteroatoms. The number of hydroxylamine groups is 2.